The minimum absolute atomic E-state index is 0.169. The lowest BCUT2D eigenvalue weighted by atomic mass is 10.1. The quantitative estimate of drug-likeness (QED) is 0.813. The summed E-state index contributed by atoms with van der Waals surface area (Å²) in [5.74, 6) is 1.81. The van der Waals surface area contributed by atoms with Crippen LogP contribution in [0.15, 0.2) is 16.9 Å². The molecule has 3 heterocycles. The van der Waals surface area contributed by atoms with Gasteiger partial charge in [-0.25, -0.2) is 0 Å². The first-order valence-electron chi connectivity index (χ1n) is 8.65. The van der Waals surface area contributed by atoms with E-state index in [0.717, 1.165) is 37.2 Å². The number of aryl methyl sites for hydroxylation is 2. The third kappa shape index (κ3) is 3.66. The van der Waals surface area contributed by atoms with Crippen molar-refractivity contribution in [1.82, 2.24) is 24.8 Å². The molecule has 3 rings (SSSR count). The molecule has 7 heteroatoms. The fourth-order valence-electron chi connectivity index (χ4n) is 3.16. The maximum absolute atomic E-state index is 12.6. The van der Waals surface area contributed by atoms with E-state index in [0.29, 0.717) is 18.7 Å². The number of rotatable bonds is 6. The lowest BCUT2D eigenvalue weighted by Gasteiger charge is -2.23. The number of likely N-dealkylation sites (tertiary alicyclic amines) is 1. The van der Waals surface area contributed by atoms with Gasteiger partial charge in [0.15, 0.2) is 5.82 Å². The fourth-order valence-corrected chi connectivity index (χ4v) is 3.16. The van der Waals surface area contributed by atoms with E-state index in [-0.39, 0.29) is 17.9 Å². The molecule has 130 valence electrons. The van der Waals surface area contributed by atoms with Crippen LogP contribution in [0.1, 0.15) is 68.8 Å². The Morgan fingerprint density at radius 2 is 2.29 bits per heavy atom. The van der Waals surface area contributed by atoms with Crippen LogP contribution in [0.5, 0.6) is 0 Å². The summed E-state index contributed by atoms with van der Waals surface area (Å²) in [7, 11) is 1.90. The van der Waals surface area contributed by atoms with Gasteiger partial charge in [-0.05, 0) is 19.3 Å². The van der Waals surface area contributed by atoms with Crippen LogP contribution in [0, 0.1) is 0 Å². The Balaban J connectivity index is 1.52. The van der Waals surface area contributed by atoms with Crippen molar-refractivity contribution in [2.45, 2.75) is 57.9 Å². The summed E-state index contributed by atoms with van der Waals surface area (Å²) < 4.78 is 7.02. The standard InChI is InChI=1S/C17H25N5O2/c1-12(2)17-19-15(24-20-17)7-4-8-16(23)22-9-5-6-14(22)13-10-18-21(3)11-13/h10-12,14H,4-9H2,1-3H3/t14-/m1/s1. The highest BCUT2D eigenvalue weighted by atomic mass is 16.5. The molecule has 0 radical (unpaired) electrons. The third-order valence-electron chi connectivity index (χ3n) is 4.46. The Hall–Kier alpha value is -2.18. The smallest absolute Gasteiger partial charge is 0.226 e. The van der Waals surface area contributed by atoms with E-state index in [1.807, 2.05) is 38.2 Å². The van der Waals surface area contributed by atoms with Crippen molar-refractivity contribution in [3.8, 4) is 0 Å². The van der Waals surface area contributed by atoms with Crippen LogP contribution < -0.4 is 0 Å². The summed E-state index contributed by atoms with van der Waals surface area (Å²) in [5, 5.41) is 8.18. The van der Waals surface area contributed by atoms with Gasteiger partial charge in [-0.2, -0.15) is 10.1 Å². The van der Waals surface area contributed by atoms with Gasteiger partial charge in [0.25, 0.3) is 0 Å². The molecule has 1 fully saturated rings. The summed E-state index contributed by atoms with van der Waals surface area (Å²) >= 11 is 0. The van der Waals surface area contributed by atoms with Crippen molar-refractivity contribution in [1.29, 1.82) is 0 Å². The Labute approximate surface area is 142 Å². The molecular weight excluding hydrogens is 306 g/mol. The van der Waals surface area contributed by atoms with Gasteiger partial charge in [0.2, 0.25) is 11.8 Å². The summed E-state index contributed by atoms with van der Waals surface area (Å²) in [5.41, 5.74) is 1.13. The first-order chi connectivity index (χ1) is 11.5. The summed E-state index contributed by atoms with van der Waals surface area (Å²) in [4.78, 5) is 18.9. The molecule has 0 spiro atoms. The molecule has 0 N–H and O–H groups in total. The van der Waals surface area contributed by atoms with E-state index in [9.17, 15) is 4.79 Å². The monoisotopic (exact) mass is 331 g/mol. The molecular formula is C17H25N5O2. The number of hydrogen-bond donors (Lipinski definition) is 0. The molecule has 2 aromatic heterocycles. The number of carbonyl (C=O) groups excluding carboxylic acids is 1. The molecule has 7 nitrogen and oxygen atoms in total. The molecule has 0 unspecified atom stereocenters. The molecule has 0 saturated carbocycles. The predicted molar refractivity (Wildman–Crippen MR) is 88.2 cm³/mol. The maximum atomic E-state index is 12.6. The highest BCUT2D eigenvalue weighted by Crippen LogP contribution is 2.32. The molecule has 1 atom stereocenters. The summed E-state index contributed by atoms with van der Waals surface area (Å²) in [6, 6.07) is 0.169. The highest BCUT2D eigenvalue weighted by Gasteiger charge is 2.30. The Kier molecular flexibility index (Phi) is 4.97. The van der Waals surface area contributed by atoms with Gasteiger partial charge in [0, 0.05) is 44.1 Å². The largest absolute Gasteiger partial charge is 0.339 e. The molecule has 1 aliphatic heterocycles. The number of hydrogen-bond acceptors (Lipinski definition) is 5. The molecule has 0 aliphatic carbocycles. The SMILES string of the molecule is CC(C)c1noc(CCCC(=O)N2CCC[C@@H]2c2cnn(C)c2)n1. The number of amides is 1. The van der Waals surface area contributed by atoms with E-state index >= 15 is 0 Å². The fraction of sp³-hybridized carbons (Fsp3) is 0.647. The zero-order valence-electron chi connectivity index (χ0n) is 14.6. The Morgan fingerprint density at radius 1 is 1.46 bits per heavy atom. The molecule has 0 bridgehead atoms. The van der Waals surface area contributed by atoms with Gasteiger partial charge < -0.3 is 9.42 Å². The van der Waals surface area contributed by atoms with Crippen LogP contribution in [0.25, 0.3) is 0 Å². The van der Waals surface area contributed by atoms with E-state index in [1.54, 1.807) is 4.68 Å². The van der Waals surface area contributed by atoms with Gasteiger partial charge in [0.05, 0.1) is 12.2 Å². The molecule has 2 aromatic rings. The summed E-state index contributed by atoms with van der Waals surface area (Å²) in [6.07, 6.45) is 7.82. The zero-order chi connectivity index (χ0) is 17.1. The first-order valence-corrected chi connectivity index (χ1v) is 8.65. The lowest BCUT2D eigenvalue weighted by molar-refractivity contribution is -0.132. The Morgan fingerprint density at radius 3 is 2.96 bits per heavy atom. The number of nitrogens with zero attached hydrogens (tertiary/aromatic N) is 5. The highest BCUT2D eigenvalue weighted by molar-refractivity contribution is 5.77. The van der Waals surface area contributed by atoms with Crippen molar-refractivity contribution in [2.24, 2.45) is 7.05 Å². The second-order valence-corrected chi connectivity index (χ2v) is 6.75. The Bertz CT molecular complexity index is 691. The van der Waals surface area contributed by atoms with Crippen molar-refractivity contribution in [3.05, 3.63) is 29.7 Å². The van der Waals surface area contributed by atoms with Crippen LogP contribution >= 0.6 is 0 Å². The average Bonchev–Trinajstić information content (AvgIpc) is 3.26. The second kappa shape index (κ2) is 7.15. The van der Waals surface area contributed by atoms with Crippen molar-refractivity contribution in [3.63, 3.8) is 0 Å². The van der Waals surface area contributed by atoms with Crippen molar-refractivity contribution in [2.75, 3.05) is 6.54 Å². The molecule has 24 heavy (non-hydrogen) atoms. The van der Waals surface area contributed by atoms with Gasteiger partial charge in [-0.1, -0.05) is 19.0 Å². The minimum atomic E-state index is 0.169. The van der Waals surface area contributed by atoms with E-state index < -0.39 is 0 Å². The van der Waals surface area contributed by atoms with Gasteiger partial charge in [0.1, 0.15) is 0 Å². The van der Waals surface area contributed by atoms with Crippen LogP contribution in [-0.4, -0.2) is 37.3 Å². The van der Waals surface area contributed by atoms with E-state index in [1.165, 1.54) is 0 Å². The topological polar surface area (TPSA) is 77.0 Å². The third-order valence-corrected chi connectivity index (χ3v) is 4.46. The lowest BCUT2D eigenvalue weighted by Crippen LogP contribution is -2.30. The van der Waals surface area contributed by atoms with Gasteiger partial charge in [-0.15, -0.1) is 0 Å². The first kappa shape index (κ1) is 16.7. The van der Waals surface area contributed by atoms with Crippen LogP contribution in [-0.2, 0) is 18.3 Å². The molecule has 1 saturated heterocycles. The number of carbonyl (C=O) groups is 1. The van der Waals surface area contributed by atoms with E-state index in [2.05, 4.69) is 15.2 Å². The minimum Gasteiger partial charge on any atom is -0.339 e. The van der Waals surface area contributed by atoms with Crippen molar-refractivity contribution < 1.29 is 9.32 Å². The van der Waals surface area contributed by atoms with Gasteiger partial charge >= 0.3 is 0 Å². The maximum Gasteiger partial charge on any atom is 0.226 e. The zero-order valence-corrected chi connectivity index (χ0v) is 14.6. The normalized spacial score (nSPS) is 17.8. The summed E-state index contributed by atoms with van der Waals surface area (Å²) in [6.45, 7) is 4.89. The van der Waals surface area contributed by atoms with Crippen LogP contribution in [0.3, 0.4) is 0 Å². The molecule has 0 aromatic carbocycles. The second-order valence-electron chi connectivity index (χ2n) is 6.75. The van der Waals surface area contributed by atoms with E-state index in [4.69, 9.17) is 4.52 Å². The number of aromatic nitrogens is 4. The van der Waals surface area contributed by atoms with Gasteiger partial charge in [-0.3, -0.25) is 9.48 Å². The van der Waals surface area contributed by atoms with Crippen LogP contribution in [0.2, 0.25) is 0 Å². The van der Waals surface area contributed by atoms with Crippen molar-refractivity contribution >= 4 is 5.91 Å². The molecule has 1 aliphatic rings. The average molecular weight is 331 g/mol. The predicted octanol–water partition coefficient (Wildman–Crippen LogP) is 2.61. The van der Waals surface area contributed by atoms with Crippen LogP contribution in [0.4, 0.5) is 0 Å². The molecule has 1 amide bonds.